The molecule has 36 nitrogen and oxygen atoms in total. The van der Waals surface area contributed by atoms with E-state index in [1.165, 1.54) is 129 Å². The number of rotatable bonds is 19. The van der Waals surface area contributed by atoms with E-state index in [1.807, 2.05) is 109 Å². The van der Waals surface area contributed by atoms with E-state index in [0.717, 1.165) is 110 Å². The predicted octanol–water partition coefficient (Wildman–Crippen LogP) is 17.0. The lowest BCUT2D eigenvalue weighted by Crippen LogP contribution is -2.51. The SMILES string of the molecule is CC(C)(C)OC(=O)N1CCN(C(=O)c2ccsc2NC(=O)c2nc3ccccc3s2)CC1.CCOC(=O)NC(=O)c1ccsc1NC(=O)c1csc2c1CCCC2.CCOC(=O)NC(=O)c1ccsc1NC(=O)c1csc2c1CCN(S(C)(=O)=O)C2.CS(=O)(=O)N1CCN(C(=O)c2ccsc2NC(=O)c2nc3ccccc3s2)CC1.O=C(Nc1sccc1C(=O)N1CCCCC1)c1nc2ccccc2s1. The first-order valence-electron chi connectivity index (χ1n) is 44.0. The second kappa shape index (κ2) is 47.0. The van der Waals surface area contributed by atoms with Crippen molar-refractivity contribution < 1.29 is 93.4 Å². The molecule has 18 rings (SSSR count). The Balaban J connectivity index is 0.000000140. The minimum Gasteiger partial charge on any atom is -0.450 e. The first kappa shape index (κ1) is 104. The molecule has 1 aliphatic carbocycles. The number of ether oxygens (including phenoxy) is 3. The Morgan fingerprint density at radius 2 is 0.700 bits per heavy atom. The van der Waals surface area contributed by atoms with Gasteiger partial charge in [0, 0.05) is 99.1 Å². The zero-order valence-electron chi connectivity index (χ0n) is 76.5. The summed E-state index contributed by atoms with van der Waals surface area (Å²) in [5.41, 5.74) is 6.69. The van der Waals surface area contributed by atoms with Gasteiger partial charge in [0.2, 0.25) is 20.0 Å². The van der Waals surface area contributed by atoms with Gasteiger partial charge in [-0.2, -0.15) is 8.61 Å². The number of aromatic nitrogens is 3. The number of piperazine rings is 2. The molecule has 0 radical (unpaired) electrons. The topological polar surface area (TPSA) is 460 Å². The minimum atomic E-state index is -3.29. The number of para-hydroxylation sites is 3. The molecule has 0 spiro atoms. The third-order valence-electron chi connectivity index (χ3n) is 21.9. The van der Waals surface area contributed by atoms with Crippen LogP contribution in [0.3, 0.4) is 0 Å². The number of likely N-dealkylation sites (tertiary alicyclic amines) is 1. The zero-order valence-corrected chi connectivity index (χ0v) is 86.3. The second-order valence-corrected chi connectivity index (χ2v) is 46.2. The van der Waals surface area contributed by atoms with Crippen molar-refractivity contribution in [3.63, 3.8) is 0 Å². The number of carbonyl (C=O) groups is 13. The zero-order chi connectivity index (χ0) is 99.7. The number of sulfonamides is 2. The summed E-state index contributed by atoms with van der Waals surface area (Å²) >= 11 is 13.2. The minimum absolute atomic E-state index is 0.000509. The Morgan fingerprint density at radius 3 is 1.09 bits per heavy atom. The molecule has 48 heteroatoms. The van der Waals surface area contributed by atoms with E-state index in [0.29, 0.717) is 120 Å². The molecule has 0 atom stereocenters. The Hall–Kier alpha value is -12.0. The fraction of sp³-hybridized carbons (Fsp3) is 0.326. The van der Waals surface area contributed by atoms with Crippen molar-refractivity contribution >= 4 is 266 Å². The summed E-state index contributed by atoms with van der Waals surface area (Å²) in [6.07, 6.45) is 8.21. The first-order valence-corrected chi connectivity index (χ1v) is 56.3. The maximum Gasteiger partial charge on any atom is 0.414 e. The Bertz CT molecular complexity index is 6930. The third-order valence-corrected chi connectivity index (χ3v) is 33.8. The molecule has 4 aliphatic heterocycles. The highest BCUT2D eigenvalue weighted by Gasteiger charge is 2.35. The fourth-order valence-electron chi connectivity index (χ4n) is 15.0. The van der Waals surface area contributed by atoms with Crippen molar-refractivity contribution in [3.05, 3.63) is 216 Å². The van der Waals surface area contributed by atoms with E-state index in [2.05, 4.69) is 56.9 Å². The summed E-state index contributed by atoms with van der Waals surface area (Å²) < 4.78 is 67.1. The van der Waals surface area contributed by atoms with Crippen molar-refractivity contribution in [3.8, 4) is 0 Å². The number of nitrogens with zero attached hydrogens (tertiary/aromatic N) is 9. The number of aryl methyl sites for hydroxylation is 1. The smallest absolute Gasteiger partial charge is 0.414 e. The normalized spacial score (nSPS) is 14.4. The molecule has 13 amide bonds. The molecule has 140 heavy (non-hydrogen) atoms. The van der Waals surface area contributed by atoms with Crippen LogP contribution in [-0.2, 0) is 60.1 Å². The number of benzene rings is 3. The van der Waals surface area contributed by atoms with Gasteiger partial charge in [0.05, 0.1) is 95.3 Å². The van der Waals surface area contributed by atoms with Gasteiger partial charge in [-0.15, -0.1) is 113 Å². The quantitative estimate of drug-likeness (QED) is 0.0370. The summed E-state index contributed by atoms with van der Waals surface area (Å²) in [6, 6.07) is 31.0. The molecule has 13 aromatic rings. The Morgan fingerprint density at radius 1 is 0.357 bits per heavy atom. The number of imide groups is 2. The van der Waals surface area contributed by atoms with Gasteiger partial charge in [-0.05, 0) is 191 Å². The number of nitrogens with one attached hydrogen (secondary N) is 7. The number of amides is 13. The summed E-state index contributed by atoms with van der Waals surface area (Å²) in [5, 5.41) is 33.9. The molecule has 0 unspecified atom stereocenters. The molecule has 5 aliphatic rings. The van der Waals surface area contributed by atoms with Crippen molar-refractivity contribution in [2.24, 2.45) is 0 Å². The molecular formula is C92H96N16O20S12. The highest BCUT2D eigenvalue weighted by atomic mass is 32.2. The van der Waals surface area contributed by atoms with E-state index in [1.54, 1.807) is 91.0 Å². The molecule has 3 fully saturated rings. The van der Waals surface area contributed by atoms with Crippen LogP contribution in [0, 0.1) is 0 Å². The highest BCUT2D eigenvalue weighted by Crippen LogP contribution is 2.38. The molecule has 0 bridgehead atoms. The van der Waals surface area contributed by atoms with Gasteiger partial charge in [0.25, 0.3) is 59.1 Å². The van der Waals surface area contributed by atoms with Gasteiger partial charge < -0.3 is 60.4 Å². The molecule has 3 aromatic carbocycles. The number of hydrogen-bond donors (Lipinski definition) is 7. The van der Waals surface area contributed by atoms with Crippen molar-refractivity contribution in [2.75, 3.05) is 124 Å². The summed E-state index contributed by atoms with van der Waals surface area (Å²) in [4.78, 5) is 183. The monoisotopic (exact) mass is 2130 g/mol. The molecular weight excluding hydrogens is 2030 g/mol. The maximum atomic E-state index is 13.1. The van der Waals surface area contributed by atoms with Crippen LogP contribution in [0.15, 0.2) is 141 Å². The molecule has 10 aromatic heterocycles. The van der Waals surface area contributed by atoms with E-state index < -0.39 is 49.6 Å². The fourth-order valence-corrected chi connectivity index (χ4v) is 25.4. The molecule has 14 heterocycles. The van der Waals surface area contributed by atoms with Crippen LogP contribution in [0.2, 0.25) is 0 Å². The van der Waals surface area contributed by atoms with Gasteiger partial charge in [-0.1, -0.05) is 36.4 Å². The average Bonchev–Trinajstić information content (AvgIpc) is 1.65. The molecule has 7 N–H and O–H groups in total. The van der Waals surface area contributed by atoms with Gasteiger partial charge >= 0.3 is 18.3 Å². The van der Waals surface area contributed by atoms with Gasteiger partial charge in [-0.3, -0.25) is 58.6 Å². The third kappa shape index (κ3) is 26.6. The van der Waals surface area contributed by atoms with E-state index in [9.17, 15) is 79.2 Å². The number of carbonyl (C=O) groups excluding carboxylic acids is 13. The second-order valence-electron chi connectivity index (χ2n) is 32.6. The lowest BCUT2D eigenvalue weighted by Gasteiger charge is -2.35. The van der Waals surface area contributed by atoms with Crippen molar-refractivity contribution in [2.45, 2.75) is 98.1 Å². The summed E-state index contributed by atoms with van der Waals surface area (Å²) in [7, 11) is -6.55. The van der Waals surface area contributed by atoms with Gasteiger partial charge in [0.15, 0.2) is 15.0 Å². The predicted molar refractivity (Wildman–Crippen MR) is 549 cm³/mol. The van der Waals surface area contributed by atoms with Crippen LogP contribution in [-0.4, -0.2) is 241 Å². The summed E-state index contributed by atoms with van der Waals surface area (Å²) in [6.45, 7) is 14.0. The first-order chi connectivity index (χ1) is 67.1. The Labute approximate surface area is 844 Å². The van der Waals surface area contributed by atoms with E-state index >= 15 is 0 Å². The number of alkyl carbamates (subject to hydrolysis) is 2. The molecule has 736 valence electrons. The molecule has 3 saturated heterocycles. The number of fused-ring (bicyclic) bond motifs is 5. The number of piperidine rings is 1. The highest BCUT2D eigenvalue weighted by molar-refractivity contribution is 7.88. The number of thiophene rings is 7. The average molecular weight is 2130 g/mol. The Kier molecular flexibility index (Phi) is 34.9. The van der Waals surface area contributed by atoms with Crippen molar-refractivity contribution in [1.29, 1.82) is 0 Å². The number of thiazole rings is 3. The van der Waals surface area contributed by atoms with Gasteiger partial charge in [-0.25, -0.2) is 46.2 Å². The number of hydrogen-bond acceptors (Lipinski definition) is 33. The largest absolute Gasteiger partial charge is 0.450 e. The maximum absolute atomic E-state index is 13.1. The van der Waals surface area contributed by atoms with Crippen LogP contribution in [0.4, 0.5) is 39.4 Å². The van der Waals surface area contributed by atoms with E-state index in [4.69, 9.17) is 9.47 Å². The summed E-state index contributed by atoms with van der Waals surface area (Å²) in [5.74, 6) is -3.22. The van der Waals surface area contributed by atoms with Crippen LogP contribution in [0.1, 0.15) is 190 Å². The van der Waals surface area contributed by atoms with Crippen LogP contribution >= 0.6 is 113 Å². The van der Waals surface area contributed by atoms with Crippen LogP contribution in [0.25, 0.3) is 30.6 Å². The lowest BCUT2D eigenvalue weighted by molar-refractivity contribution is 0.0140. The van der Waals surface area contributed by atoms with Crippen LogP contribution < -0.4 is 37.2 Å². The standard InChI is InChI=1S/C22H24N4O4S2.C18H18N4O4S3.C18H17N3O2S2.C17H19N3O6S3.C17H18N2O4S2/c1-22(2,3)30-21(29)26-11-9-25(10-12-26)20(28)14-8-13-31-18(14)24-17(27)19-23-15-6-4-5-7-16(15)32-19;1-29(25,26)22-9-7-21(8-10-22)18(24)12-6-11-27-16(12)20-15(23)17-19-13-4-2-3-5-14(13)28-17;22-15(17-19-13-6-2-3-7-14(13)25-17)20-16-12(8-11-24-16)18(23)21-9-4-1-5-10-21;1-3-26-17(23)19-14(21)11-5-7-27-16(11)18-15(22)12-9-28-13-8-20(29(2,24)25)6-4-10(12)13;1-2-23-17(22)19-14(20)11-7-8-24-16(11)18-15(21)12-9-25-13-6-4-3-5-10(12)13/h4-8,13H,9-12H2,1-3H3,(H,24,27);2-6,11H,7-10H2,1H3,(H,20,23);2-3,6-8,11H,1,4-5,9-10H2,(H,20,22);5,7,9H,3-4,6,8H2,1-2H3,(H,18,22)(H,19,21,23);7-9H,2-6H2,1H3,(H,18,21)(H,19,20,22). The van der Waals surface area contributed by atoms with Crippen molar-refractivity contribution in [1.82, 2.24) is 53.8 Å². The van der Waals surface area contributed by atoms with Gasteiger partial charge in [0.1, 0.15) is 30.6 Å². The lowest BCUT2D eigenvalue weighted by atomic mass is 9.96. The van der Waals surface area contributed by atoms with Crippen LogP contribution in [0.5, 0.6) is 0 Å². The van der Waals surface area contributed by atoms with E-state index in [-0.39, 0.29) is 97.3 Å². The number of anilines is 5. The molecule has 0 saturated carbocycles.